The van der Waals surface area contributed by atoms with E-state index >= 15 is 0 Å². The number of hydrogen-bond donors (Lipinski definition) is 2. The molecule has 7 heteroatoms. The minimum Gasteiger partial charge on any atom is -0.350 e. The van der Waals surface area contributed by atoms with Crippen LogP contribution in [0.25, 0.3) is 0 Å². The second kappa shape index (κ2) is 6.52. The van der Waals surface area contributed by atoms with Gasteiger partial charge in [-0.15, -0.1) is 0 Å². The van der Waals surface area contributed by atoms with E-state index in [1.807, 2.05) is 4.90 Å². The van der Waals surface area contributed by atoms with Gasteiger partial charge in [0.15, 0.2) is 0 Å². The van der Waals surface area contributed by atoms with Crippen LogP contribution < -0.4 is 10.9 Å². The molecule has 2 aliphatic rings. The van der Waals surface area contributed by atoms with Crippen molar-refractivity contribution in [2.75, 3.05) is 19.6 Å². The first-order chi connectivity index (χ1) is 11.0. The Hall–Kier alpha value is -2.18. The van der Waals surface area contributed by atoms with E-state index in [1.54, 1.807) is 6.92 Å². The highest BCUT2D eigenvalue weighted by Crippen LogP contribution is 2.30. The van der Waals surface area contributed by atoms with Gasteiger partial charge < -0.3 is 15.2 Å². The first-order valence-corrected chi connectivity index (χ1v) is 8.18. The highest BCUT2D eigenvalue weighted by Gasteiger charge is 2.33. The molecule has 1 saturated carbocycles. The van der Waals surface area contributed by atoms with Crippen molar-refractivity contribution in [3.63, 3.8) is 0 Å². The number of nitrogens with zero attached hydrogens (tertiary/aromatic N) is 2. The van der Waals surface area contributed by atoms with Crippen LogP contribution >= 0.6 is 0 Å². The Labute approximate surface area is 134 Å². The molecule has 3 rings (SSSR count). The maximum atomic E-state index is 12.2. The summed E-state index contributed by atoms with van der Waals surface area (Å²) in [6.45, 7) is 3.62. The van der Waals surface area contributed by atoms with Gasteiger partial charge in [0.2, 0.25) is 5.91 Å². The molecule has 1 aromatic rings. The van der Waals surface area contributed by atoms with Crippen LogP contribution in [0.4, 0.5) is 0 Å². The molecule has 1 aliphatic heterocycles. The predicted molar refractivity (Wildman–Crippen MR) is 84.0 cm³/mol. The van der Waals surface area contributed by atoms with E-state index < -0.39 is 0 Å². The van der Waals surface area contributed by atoms with Gasteiger partial charge in [-0.1, -0.05) is 6.42 Å². The summed E-state index contributed by atoms with van der Waals surface area (Å²) in [5.41, 5.74) is -0.201. The number of likely N-dealkylation sites (tertiary alicyclic amines) is 1. The Balaban J connectivity index is 1.50. The van der Waals surface area contributed by atoms with Gasteiger partial charge in [0.1, 0.15) is 11.5 Å². The van der Waals surface area contributed by atoms with Crippen LogP contribution in [0.2, 0.25) is 0 Å². The summed E-state index contributed by atoms with van der Waals surface area (Å²) in [5, 5.41) is 2.82. The first kappa shape index (κ1) is 15.7. The van der Waals surface area contributed by atoms with E-state index in [0.29, 0.717) is 18.9 Å². The number of rotatable bonds is 4. The molecule has 2 amide bonds. The third-order valence-corrected chi connectivity index (χ3v) is 4.70. The van der Waals surface area contributed by atoms with E-state index in [4.69, 9.17) is 0 Å². The highest BCUT2D eigenvalue weighted by atomic mass is 16.2. The van der Waals surface area contributed by atoms with Crippen LogP contribution in [0.15, 0.2) is 10.9 Å². The molecule has 1 saturated heterocycles. The van der Waals surface area contributed by atoms with Crippen molar-refractivity contribution in [3.05, 3.63) is 27.9 Å². The van der Waals surface area contributed by atoms with Crippen LogP contribution in [-0.2, 0) is 4.79 Å². The van der Waals surface area contributed by atoms with E-state index in [0.717, 1.165) is 32.2 Å². The second-order valence-electron chi connectivity index (χ2n) is 6.49. The van der Waals surface area contributed by atoms with Crippen LogP contribution in [-0.4, -0.2) is 46.3 Å². The number of aryl methyl sites for hydroxylation is 1. The van der Waals surface area contributed by atoms with E-state index in [2.05, 4.69) is 15.3 Å². The summed E-state index contributed by atoms with van der Waals surface area (Å²) in [6, 6.07) is 1.20. The quantitative estimate of drug-likeness (QED) is 0.843. The number of nitrogens with one attached hydrogen (secondary N) is 2. The third-order valence-electron chi connectivity index (χ3n) is 4.70. The lowest BCUT2D eigenvalue weighted by molar-refractivity contribution is -0.137. The average Bonchev–Trinajstić information content (AvgIpc) is 2.90. The van der Waals surface area contributed by atoms with Gasteiger partial charge in [-0.2, -0.15) is 0 Å². The number of aromatic amines is 1. The monoisotopic (exact) mass is 318 g/mol. The third kappa shape index (κ3) is 3.60. The predicted octanol–water partition coefficient (Wildman–Crippen LogP) is 0.457. The van der Waals surface area contributed by atoms with Crippen molar-refractivity contribution < 1.29 is 9.59 Å². The number of hydrogen-bond acceptors (Lipinski definition) is 4. The summed E-state index contributed by atoms with van der Waals surface area (Å²) in [5.74, 6) is 0.846. The largest absolute Gasteiger partial charge is 0.350 e. The Morgan fingerprint density at radius 3 is 2.83 bits per heavy atom. The molecule has 124 valence electrons. The van der Waals surface area contributed by atoms with E-state index in [1.165, 1.54) is 6.07 Å². The van der Waals surface area contributed by atoms with Gasteiger partial charge >= 0.3 is 0 Å². The molecule has 2 heterocycles. The van der Waals surface area contributed by atoms with Crippen molar-refractivity contribution in [3.8, 4) is 0 Å². The van der Waals surface area contributed by atoms with Crippen molar-refractivity contribution in [2.45, 2.75) is 32.6 Å². The van der Waals surface area contributed by atoms with Crippen molar-refractivity contribution in [1.82, 2.24) is 20.2 Å². The summed E-state index contributed by atoms with van der Waals surface area (Å²) in [6.07, 6.45) is 4.10. The maximum Gasteiger partial charge on any atom is 0.270 e. The number of H-pyrrole nitrogens is 1. The second-order valence-corrected chi connectivity index (χ2v) is 6.49. The summed E-state index contributed by atoms with van der Waals surface area (Å²) < 4.78 is 0. The smallest absolute Gasteiger partial charge is 0.270 e. The molecule has 1 atom stereocenters. The zero-order valence-electron chi connectivity index (χ0n) is 13.3. The first-order valence-electron chi connectivity index (χ1n) is 8.18. The average molecular weight is 318 g/mol. The highest BCUT2D eigenvalue weighted by molar-refractivity contribution is 5.92. The molecule has 7 nitrogen and oxygen atoms in total. The lowest BCUT2D eigenvalue weighted by atomic mass is 9.84. The molecule has 2 fully saturated rings. The molecule has 23 heavy (non-hydrogen) atoms. The van der Waals surface area contributed by atoms with E-state index in [9.17, 15) is 14.4 Å². The molecule has 0 spiro atoms. The van der Waals surface area contributed by atoms with Crippen LogP contribution in [0.5, 0.6) is 0 Å². The minimum absolute atomic E-state index is 0.131. The number of aromatic nitrogens is 2. The standard InChI is InChI=1S/C16H22N4O3/c1-10-18-13(7-14(21)19-10)15(22)17-8-11-5-6-20(9-11)16(23)12-3-2-4-12/h7,11-12H,2-6,8-9H2,1H3,(H,17,22)(H,18,19,21)/t11-/m1/s1. The van der Waals surface area contributed by atoms with Crippen LogP contribution in [0.3, 0.4) is 0 Å². The van der Waals surface area contributed by atoms with Gasteiger partial charge in [-0.25, -0.2) is 4.98 Å². The zero-order valence-corrected chi connectivity index (χ0v) is 13.3. The molecule has 0 bridgehead atoms. The van der Waals surface area contributed by atoms with Gasteiger partial charge in [-0.05, 0) is 32.1 Å². The fourth-order valence-electron chi connectivity index (χ4n) is 3.14. The lowest BCUT2D eigenvalue weighted by Gasteiger charge is -2.29. The van der Waals surface area contributed by atoms with Gasteiger partial charge in [0, 0.05) is 31.6 Å². The molecule has 0 aromatic carbocycles. The van der Waals surface area contributed by atoms with Gasteiger partial charge in [0.05, 0.1) is 0 Å². The zero-order chi connectivity index (χ0) is 16.4. The van der Waals surface area contributed by atoms with Gasteiger partial charge in [0.25, 0.3) is 11.5 Å². The van der Waals surface area contributed by atoms with Crippen molar-refractivity contribution in [1.29, 1.82) is 0 Å². The van der Waals surface area contributed by atoms with Crippen LogP contribution in [0.1, 0.15) is 42.0 Å². The maximum absolute atomic E-state index is 12.2. The normalized spacial score (nSPS) is 21.1. The SMILES string of the molecule is Cc1nc(C(=O)NC[C@H]2CCN(C(=O)C3CCC3)C2)cc(=O)[nH]1. The fraction of sp³-hybridized carbons (Fsp3) is 0.625. The van der Waals surface area contributed by atoms with Crippen molar-refractivity contribution >= 4 is 11.8 Å². The number of carbonyl (C=O) groups is 2. The Morgan fingerprint density at radius 1 is 1.39 bits per heavy atom. The van der Waals surface area contributed by atoms with Crippen molar-refractivity contribution in [2.24, 2.45) is 11.8 Å². The lowest BCUT2D eigenvalue weighted by Crippen LogP contribution is -2.38. The molecule has 1 aromatic heterocycles. The Morgan fingerprint density at radius 2 is 2.17 bits per heavy atom. The molecule has 0 unspecified atom stereocenters. The minimum atomic E-state index is -0.344. The topological polar surface area (TPSA) is 95.2 Å². The Bertz CT molecular complexity index is 666. The molecule has 0 radical (unpaired) electrons. The number of amides is 2. The number of carbonyl (C=O) groups excluding carboxylic acids is 2. The van der Waals surface area contributed by atoms with E-state index in [-0.39, 0.29) is 34.9 Å². The Kier molecular flexibility index (Phi) is 4.45. The molecule has 1 aliphatic carbocycles. The summed E-state index contributed by atoms with van der Waals surface area (Å²) in [4.78, 5) is 44.1. The molecular formula is C16H22N4O3. The summed E-state index contributed by atoms with van der Waals surface area (Å²) in [7, 11) is 0. The van der Waals surface area contributed by atoms with Crippen LogP contribution in [0, 0.1) is 18.8 Å². The molecular weight excluding hydrogens is 296 g/mol. The fourth-order valence-corrected chi connectivity index (χ4v) is 3.14. The van der Waals surface area contributed by atoms with Gasteiger partial charge in [-0.3, -0.25) is 14.4 Å². The molecule has 2 N–H and O–H groups in total. The summed E-state index contributed by atoms with van der Waals surface area (Å²) >= 11 is 0.